The summed E-state index contributed by atoms with van der Waals surface area (Å²) < 4.78 is 6.37. The highest BCUT2D eigenvalue weighted by atomic mass is 16.3. The number of benzene rings is 4. The summed E-state index contributed by atoms with van der Waals surface area (Å²) in [6, 6.07) is 22.9. The fourth-order valence-electron chi connectivity index (χ4n) is 3.85. The molecule has 5 aromatic rings. The number of aliphatic hydroxyl groups excluding tert-OH is 1. The zero-order chi connectivity index (χ0) is 17.0. The highest BCUT2D eigenvalue weighted by molar-refractivity contribution is 6.23. The third kappa shape index (κ3) is 2.01. The van der Waals surface area contributed by atoms with Crippen molar-refractivity contribution in [3.63, 3.8) is 0 Å². The molecule has 0 aliphatic carbocycles. The van der Waals surface area contributed by atoms with Crippen LogP contribution in [-0.4, -0.2) is 5.11 Å². The van der Waals surface area contributed by atoms with Crippen LogP contribution in [0.3, 0.4) is 0 Å². The second-order valence-corrected chi connectivity index (χ2v) is 6.58. The first kappa shape index (κ1) is 14.5. The number of fused-ring (bicyclic) bond motifs is 7. The fraction of sp³-hybridized carbons (Fsp3) is 0.130. The fourth-order valence-corrected chi connectivity index (χ4v) is 3.85. The molecular weight excluding hydrogens is 308 g/mol. The third-order valence-corrected chi connectivity index (χ3v) is 5.13. The Morgan fingerprint density at radius 3 is 2.32 bits per heavy atom. The Labute approximate surface area is 145 Å². The molecule has 2 nitrogen and oxygen atoms in total. The van der Waals surface area contributed by atoms with Gasteiger partial charge in [0.25, 0.3) is 0 Å². The Morgan fingerprint density at radius 2 is 1.52 bits per heavy atom. The summed E-state index contributed by atoms with van der Waals surface area (Å²) in [6.07, 6.45) is 0.129. The van der Waals surface area contributed by atoms with Crippen LogP contribution in [0.25, 0.3) is 43.5 Å². The maximum atomic E-state index is 10.6. The van der Waals surface area contributed by atoms with Crippen molar-refractivity contribution in [2.75, 3.05) is 0 Å². The summed E-state index contributed by atoms with van der Waals surface area (Å²) in [5.41, 5.74) is 2.57. The standard InChI is InChI=1S/C23H18O2/c1-2-20(24)19-13-15-8-4-5-9-16(15)21-18-12-11-14-7-3-6-10-17(14)22(18)25-23(19)21/h3-13,20,24H,2H2,1H3. The molecule has 1 unspecified atom stereocenters. The first-order valence-electron chi connectivity index (χ1n) is 8.71. The molecule has 0 aliphatic rings. The average Bonchev–Trinajstić information content (AvgIpc) is 3.07. The molecule has 25 heavy (non-hydrogen) atoms. The maximum Gasteiger partial charge on any atom is 0.143 e. The Morgan fingerprint density at radius 1 is 0.800 bits per heavy atom. The first-order valence-corrected chi connectivity index (χ1v) is 8.71. The summed E-state index contributed by atoms with van der Waals surface area (Å²) in [5, 5.41) is 17.3. The van der Waals surface area contributed by atoms with Crippen LogP contribution in [0, 0.1) is 0 Å². The van der Waals surface area contributed by atoms with Gasteiger partial charge in [-0.05, 0) is 34.7 Å². The predicted molar refractivity (Wildman–Crippen MR) is 104 cm³/mol. The molecule has 0 spiro atoms. The third-order valence-electron chi connectivity index (χ3n) is 5.13. The van der Waals surface area contributed by atoms with Crippen molar-refractivity contribution >= 4 is 43.5 Å². The molecule has 0 saturated carbocycles. The average molecular weight is 326 g/mol. The molecule has 2 heteroatoms. The van der Waals surface area contributed by atoms with Gasteiger partial charge in [-0.1, -0.05) is 61.5 Å². The summed E-state index contributed by atoms with van der Waals surface area (Å²) in [4.78, 5) is 0. The van der Waals surface area contributed by atoms with Crippen LogP contribution in [0.5, 0.6) is 0 Å². The summed E-state index contributed by atoms with van der Waals surface area (Å²) in [7, 11) is 0. The van der Waals surface area contributed by atoms with Crippen LogP contribution in [0.15, 0.2) is 71.1 Å². The normalized spacial score (nSPS) is 13.2. The van der Waals surface area contributed by atoms with Gasteiger partial charge < -0.3 is 9.52 Å². The lowest BCUT2D eigenvalue weighted by molar-refractivity contribution is 0.174. The molecule has 0 amide bonds. The monoisotopic (exact) mass is 326 g/mol. The number of rotatable bonds is 2. The van der Waals surface area contributed by atoms with E-state index in [4.69, 9.17) is 4.42 Å². The van der Waals surface area contributed by atoms with Crippen molar-refractivity contribution in [2.45, 2.75) is 19.4 Å². The lowest BCUT2D eigenvalue weighted by Gasteiger charge is -2.10. The topological polar surface area (TPSA) is 33.4 Å². The van der Waals surface area contributed by atoms with Crippen LogP contribution in [-0.2, 0) is 0 Å². The molecule has 1 heterocycles. The van der Waals surface area contributed by atoms with Gasteiger partial charge in [0, 0.05) is 21.7 Å². The van der Waals surface area contributed by atoms with E-state index in [9.17, 15) is 5.11 Å². The molecule has 122 valence electrons. The van der Waals surface area contributed by atoms with E-state index < -0.39 is 6.10 Å². The van der Waals surface area contributed by atoms with Gasteiger partial charge in [0.1, 0.15) is 11.2 Å². The van der Waals surface area contributed by atoms with E-state index >= 15 is 0 Å². The van der Waals surface area contributed by atoms with Crippen LogP contribution in [0.1, 0.15) is 25.0 Å². The molecule has 1 aromatic heterocycles. The van der Waals surface area contributed by atoms with Gasteiger partial charge in [0.15, 0.2) is 0 Å². The van der Waals surface area contributed by atoms with Crippen LogP contribution >= 0.6 is 0 Å². The number of furan rings is 1. The van der Waals surface area contributed by atoms with Crippen molar-refractivity contribution in [2.24, 2.45) is 0 Å². The van der Waals surface area contributed by atoms with Crippen molar-refractivity contribution < 1.29 is 9.52 Å². The van der Waals surface area contributed by atoms with E-state index in [2.05, 4.69) is 48.5 Å². The lowest BCUT2D eigenvalue weighted by Crippen LogP contribution is -1.96. The Kier molecular flexibility index (Phi) is 3.09. The molecule has 0 fully saturated rings. The Hall–Kier alpha value is -2.84. The SMILES string of the molecule is CCC(O)c1cc2ccccc2c2c1oc1c3ccccc3ccc12. The van der Waals surface area contributed by atoms with E-state index in [0.717, 1.165) is 43.7 Å². The molecule has 0 radical (unpaired) electrons. The molecule has 0 saturated heterocycles. The second kappa shape index (κ2) is 5.33. The van der Waals surface area contributed by atoms with Gasteiger partial charge in [-0.3, -0.25) is 0 Å². The van der Waals surface area contributed by atoms with E-state index in [1.807, 2.05) is 25.1 Å². The van der Waals surface area contributed by atoms with Crippen LogP contribution < -0.4 is 0 Å². The minimum atomic E-state index is -0.529. The van der Waals surface area contributed by atoms with Gasteiger partial charge in [0.05, 0.1) is 6.10 Å². The smallest absolute Gasteiger partial charge is 0.143 e. The van der Waals surface area contributed by atoms with Gasteiger partial charge in [-0.25, -0.2) is 0 Å². The number of aliphatic hydroxyl groups is 1. The minimum absolute atomic E-state index is 0.529. The maximum absolute atomic E-state index is 10.6. The molecule has 5 rings (SSSR count). The Balaban J connectivity index is 2.06. The number of hydrogen-bond donors (Lipinski definition) is 1. The highest BCUT2D eigenvalue weighted by Gasteiger charge is 2.19. The van der Waals surface area contributed by atoms with Gasteiger partial charge in [-0.2, -0.15) is 0 Å². The molecule has 1 N–H and O–H groups in total. The largest absolute Gasteiger partial charge is 0.455 e. The van der Waals surface area contributed by atoms with Crippen molar-refractivity contribution in [1.82, 2.24) is 0 Å². The first-order chi connectivity index (χ1) is 12.3. The van der Waals surface area contributed by atoms with Gasteiger partial charge in [-0.15, -0.1) is 0 Å². The van der Waals surface area contributed by atoms with Crippen molar-refractivity contribution in [1.29, 1.82) is 0 Å². The van der Waals surface area contributed by atoms with Crippen molar-refractivity contribution in [3.8, 4) is 0 Å². The van der Waals surface area contributed by atoms with E-state index in [1.54, 1.807) is 0 Å². The quantitative estimate of drug-likeness (QED) is 0.411. The van der Waals surface area contributed by atoms with Gasteiger partial charge in [0.2, 0.25) is 0 Å². The zero-order valence-corrected chi connectivity index (χ0v) is 14.0. The molecule has 0 aliphatic heterocycles. The van der Waals surface area contributed by atoms with Gasteiger partial charge >= 0.3 is 0 Å². The van der Waals surface area contributed by atoms with Crippen LogP contribution in [0.2, 0.25) is 0 Å². The minimum Gasteiger partial charge on any atom is -0.455 e. The van der Waals surface area contributed by atoms with Crippen molar-refractivity contribution in [3.05, 3.63) is 72.3 Å². The summed E-state index contributed by atoms with van der Waals surface area (Å²) in [6.45, 7) is 1.99. The van der Waals surface area contributed by atoms with E-state index in [-0.39, 0.29) is 0 Å². The number of hydrogen-bond acceptors (Lipinski definition) is 2. The summed E-state index contributed by atoms with van der Waals surface area (Å²) in [5.74, 6) is 0. The lowest BCUT2D eigenvalue weighted by atomic mass is 9.96. The molecule has 1 atom stereocenters. The summed E-state index contributed by atoms with van der Waals surface area (Å²) >= 11 is 0. The molecular formula is C23H18O2. The second-order valence-electron chi connectivity index (χ2n) is 6.58. The van der Waals surface area contributed by atoms with Crippen LogP contribution in [0.4, 0.5) is 0 Å². The molecule has 0 bridgehead atoms. The Bertz CT molecular complexity index is 1250. The predicted octanol–water partition coefficient (Wildman–Crippen LogP) is 6.34. The molecule has 4 aromatic carbocycles. The highest BCUT2D eigenvalue weighted by Crippen LogP contribution is 2.41. The van der Waals surface area contributed by atoms with E-state index in [0.29, 0.717) is 6.42 Å². The van der Waals surface area contributed by atoms with E-state index in [1.165, 1.54) is 5.39 Å². The zero-order valence-electron chi connectivity index (χ0n) is 14.0.